The number of rotatable bonds is 4. The first-order valence-electron chi connectivity index (χ1n) is 8.66. The molecule has 3 heterocycles. The molecule has 29 heavy (non-hydrogen) atoms. The van der Waals surface area contributed by atoms with E-state index in [2.05, 4.69) is 15.4 Å². The van der Waals surface area contributed by atoms with Crippen molar-refractivity contribution in [1.29, 1.82) is 0 Å². The number of anilines is 1. The van der Waals surface area contributed by atoms with Gasteiger partial charge in [-0.05, 0) is 42.6 Å². The second-order valence-electron chi connectivity index (χ2n) is 6.40. The van der Waals surface area contributed by atoms with Crippen LogP contribution in [0.25, 0.3) is 21.5 Å². The Morgan fingerprint density at radius 2 is 2.03 bits per heavy atom. The molecule has 5 nitrogen and oxygen atoms in total. The summed E-state index contributed by atoms with van der Waals surface area (Å²) in [6.45, 7) is 1.67. The molecule has 0 atom stereocenters. The maximum absolute atomic E-state index is 12.8. The van der Waals surface area contributed by atoms with Crippen molar-refractivity contribution in [2.24, 2.45) is 0 Å². The quantitative estimate of drug-likeness (QED) is 0.502. The Morgan fingerprint density at radius 3 is 2.76 bits per heavy atom. The zero-order valence-corrected chi connectivity index (χ0v) is 16.0. The van der Waals surface area contributed by atoms with E-state index in [1.807, 2.05) is 30.5 Å². The third-order valence-corrected chi connectivity index (χ3v) is 5.26. The number of benzene rings is 1. The van der Waals surface area contributed by atoms with Gasteiger partial charge in [0.15, 0.2) is 5.65 Å². The van der Waals surface area contributed by atoms with Crippen LogP contribution in [0.3, 0.4) is 0 Å². The van der Waals surface area contributed by atoms with Crippen LogP contribution in [0.4, 0.5) is 18.9 Å². The van der Waals surface area contributed by atoms with E-state index in [0.717, 1.165) is 33.7 Å². The Bertz CT molecular complexity index is 1180. The van der Waals surface area contributed by atoms with Crippen LogP contribution in [0.1, 0.15) is 11.3 Å². The van der Waals surface area contributed by atoms with E-state index in [-0.39, 0.29) is 12.2 Å². The Labute approximate surface area is 167 Å². The highest BCUT2D eigenvalue weighted by molar-refractivity contribution is 7.13. The smallest absolute Gasteiger partial charge is 0.324 e. The van der Waals surface area contributed by atoms with E-state index < -0.39 is 17.6 Å². The van der Waals surface area contributed by atoms with Crippen molar-refractivity contribution in [2.45, 2.75) is 19.6 Å². The fourth-order valence-electron chi connectivity index (χ4n) is 3.14. The van der Waals surface area contributed by atoms with Gasteiger partial charge in [0, 0.05) is 22.3 Å². The summed E-state index contributed by atoms with van der Waals surface area (Å²) in [5, 5.41) is 9.74. The lowest BCUT2D eigenvalue weighted by molar-refractivity contribution is -0.137. The number of aryl methyl sites for hydroxylation is 1. The molecule has 3 aromatic heterocycles. The van der Waals surface area contributed by atoms with Crippen molar-refractivity contribution in [3.63, 3.8) is 0 Å². The third kappa shape index (κ3) is 3.86. The van der Waals surface area contributed by atoms with Gasteiger partial charge in [-0.3, -0.25) is 4.79 Å². The number of aromatic nitrogens is 3. The van der Waals surface area contributed by atoms with Gasteiger partial charge < -0.3 is 5.32 Å². The van der Waals surface area contributed by atoms with Crippen LogP contribution in [0.15, 0.2) is 54.0 Å². The molecule has 1 N–H and O–H groups in total. The van der Waals surface area contributed by atoms with Gasteiger partial charge in [-0.1, -0.05) is 12.1 Å². The van der Waals surface area contributed by atoms with Gasteiger partial charge >= 0.3 is 6.18 Å². The number of nitrogens with zero attached hydrogens (tertiary/aromatic N) is 3. The van der Waals surface area contributed by atoms with Gasteiger partial charge in [0.2, 0.25) is 5.91 Å². The van der Waals surface area contributed by atoms with Crippen molar-refractivity contribution < 1.29 is 18.0 Å². The Hall–Kier alpha value is -3.20. The average molecular weight is 416 g/mol. The minimum atomic E-state index is -4.47. The van der Waals surface area contributed by atoms with E-state index in [1.165, 1.54) is 16.8 Å². The van der Waals surface area contributed by atoms with Crippen LogP contribution in [0.5, 0.6) is 0 Å². The van der Waals surface area contributed by atoms with Crippen molar-refractivity contribution in [1.82, 2.24) is 14.8 Å². The van der Waals surface area contributed by atoms with Crippen molar-refractivity contribution >= 4 is 34.0 Å². The second-order valence-corrected chi connectivity index (χ2v) is 7.35. The van der Waals surface area contributed by atoms with E-state index in [4.69, 9.17) is 0 Å². The molecule has 0 fully saturated rings. The summed E-state index contributed by atoms with van der Waals surface area (Å²) in [5.74, 6) is -0.489. The number of hydrogen-bond acceptors (Lipinski definition) is 4. The van der Waals surface area contributed by atoms with Crippen molar-refractivity contribution in [3.8, 4) is 10.4 Å². The second kappa shape index (κ2) is 7.32. The summed E-state index contributed by atoms with van der Waals surface area (Å²) >= 11 is 1.59. The molecule has 1 aromatic carbocycles. The fourth-order valence-corrected chi connectivity index (χ4v) is 3.90. The number of amides is 1. The van der Waals surface area contributed by atoms with Gasteiger partial charge in [-0.25, -0.2) is 9.67 Å². The highest BCUT2D eigenvalue weighted by atomic mass is 32.1. The van der Waals surface area contributed by atoms with Crippen LogP contribution in [-0.2, 0) is 17.5 Å². The first kappa shape index (κ1) is 19.1. The highest BCUT2D eigenvalue weighted by Crippen LogP contribution is 2.33. The summed E-state index contributed by atoms with van der Waals surface area (Å²) in [7, 11) is 0. The SMILES string of the molecule is Cc1nn(CC(=O)Nc2cccc(C(F)(F)F)c2)c2nccc(-c3cccs3)c12. The maximum atomic E-state index is 12.8. The number of halogens is 3. The molecule has 148 valence electrons. The monoisotopic (exact) mass is 416 g/mol. The molecule has 4 aromatic rings. The lowest BCUT2D eigenvalue weighted by Crippen LogP contribution is -2.20. The molecule has 0 aliphatic rings. The summed E-state index contributed by atoms with van der Waals surface area (Å²) in [5.41, 5.74) is 1.51. The lowest BCUT2D eigenvalue weighted by atomic mass is 10.1. The first-order chi connectivity index (χ1) is 13.8. The Morgan fingerprint density at radius 1 is 1.21 bits per heavy atom. The van der Waals surface area contributed by atoms with Crippen molar-refractivity contribution in [3.05, 3.63) is 65.3 Å². The summed E-state index contributed by atoms with van der Waals surface area (Å²) in [6.07, 6.45) is -2.82. The van der Waals surface area contributed by atoms with E-state index in [1.54, 1.807) is 17.5 Å². The summed E-state index contributed by atoms with van der Waals surface area (Å²) < 4.78 is 40.0. The standard InChI is InChI=1S/C20H15F3N4OS/c1-12-18-15(16-6-3-9-29-16)7-8-24-19(18)27(26-12)11-17(28)25-14-5-2-4-13(10-14)20(21,22)23/h2-10H,11H2,1H3,(H,25,28). The topological polar surface area (TPSA) is 59.8 Å². The molecule has 9 heteroatoms. The largest absolute Gasteiger partial charge is 0.416 e. The number of alkyl halides is 3. The molecule has 0 radical (unpaired) electrons. The number of hydrogen-bond donors (Lipinski definition) is 1. The van der Waals surface area contributed by atoms with Gasteiger partial charge in [0.25, 0.3) is 0 Å². The van der Waals surface area contributed by atoms with E-state index in [0.29, 0.717) is 5.65 Å². The van der Waals surface area contributed by atoms with Crippen LogP contribution < -0.4 is 5.32 Å². The molecule has 4 rings (SSSR count). The average Bonchev–Trinajstić information content (AvgIpc) is 3.30. The van der Waals surface area contributed by atoms with Crippen molar-refractivity contribution in [2.75, 3.05) is 5.32 Å². The number of thiophene rings is 1. The Kier molecular flexibility index (Phi) is 4.83. The Balaban J connectivity index is 1.60. The number of carbonyl (C=O) groups is 1. The number of fused-ring (bicyclic) bond motifs is 1. The normalized spacial score (nSPS) is 11.7. The highest BCUT2D eigenvalue weighted by Gasteiger charge is 2.30. The number of nitrogens with one attached hydrogen (secondary N) is 1. The molecule has 0 spiro atoms. The fraction of sp³-hybridized carbons (Fsp3) is 0.150. The predicted molar refractivity (Wildman–Crippen MR) is 106 cm³/mol. The molecule has 0 unspecified atom stereocenters. The minimum absolute atomic E-state index is 0.0743. The predicted octanol–water partition coefficient (Wildman–Crippen LogP) is 5.13. The maximum Gasteiger partial charge on any atom is 0.416 e. The molecule has 0 saturated heterocycles. The van der Waals surface area contributed by atoms with Crippen LogP contribution >= 0.6 is 11.3 Å². The van der Waals surface area contributed by atoms with Gasteiger partial charge in [-0.15, -0.1) is 11.3 Å². The molecular formula is C20H15F3N4OS. The third-order valence-electron chi connectivity index (χ3n) is 4.36. The van der Waals surface area contributed by atoms with Crippen LogP contribution in [0.2, 0.25) is 0 Å². The van der Waals surface area contributed by atoms with E-state index >= 15 is 0 Å². The van der Waals surface area contributed by atoms with Crippen LogP contribution in [-0.4, -0.2) is 20.7 Å². The van der Waals surface area contributed by atoms with E-state index in [9.17, 15) is 18.0 Å². The zero-order valence-electron chi connectivity index (χ0n) is 15.2. The minimum Gasteiger partial charge on any atom is -0.324 e. The number of carbonyl (C=O) groups excluding carboxylic acids is 1. The van der Waals surface area contributed by atoms with Gasteiger partial charge in [-0.2, -0.15) is 18.3 Å². The molecule has 0 aliphatic heterocycles. The van der Waals surface area contributed by atoms with Gasteiger partial charge in [0.05, 0.1) is 16.6 Å². The zero-order chi connectivity index (χ0) is 20.6. The summed E-state index contributed by atoms with van der Waals surface area (Å²) in [6, 6.07) is 10.4. The number of pyridine rings is 1. The van der Waals surface area contributed by atoms with Gasteiger partial charge in [0.1, 0.15) is 6.54 Å². The molecule has 0 saturated carbocycles. The molecule has 1 amide bonds. The summed E-state index contributed by atoms with van der Waals surface area (Å²) in [4.78, 5) is 17.8. The van der Waals surface area contributed by atoms with Crippen LogP contribution in [0, 0.1) is 6.92 Å². The molecule has 0 aliphatic carbocycles. The molecule has 0 bridgehead atoms. The first-order valence-corrected chi connectivity index (χ1v) is 9.54. The lowest BCUT2D eigenvalue weighted by Gasteiger charge is -2.10. The molecular weight excluding hydrogens is 401 g/mol.